The largest absolute Gasteiger partial charge is 0.498 e. The molecule has 8 heteroatoms. The highest BCUT2D eigenvalue weighted by atomic mass is 32.2. The number of rotatable bonds is 7. The van der Waals surface area contributed by atoms with Crippen LogP contribution in [0.3, 0.4) is 0 Å². The highest BCUT2D eigenvalue weighted by Crippen LogP contribution is 2.36. The minimum Gasteiger partial charge on any atom is -0.399 e. The van der Waals surface area contributed by atoms with Crippen molar-refractivity contribution in [2.75, 3.05) is 25.4 Å². The first kappa shape index (κ1) is 21.1. The lowest BCUT2D eigenvalue weighted by Crippen LogP contribution is -2.41. The van der Waals surface area contributed by atoms with Crippen LogP contribution in [0.4, 0.5) is 0 Å². The molecule has 1 aromatic rings. The smallest absolute Gasteiger partial charge is 0.399 e. The highest BCUT2D eigenvalue weighted by Gasteiger charge is 2.51. The van der Waals surface area contributed by atoms with Crippen molar-refractivity contribution in [2.45, 2.75) is 75.8 Å². The van der Waals surface area contributed by atoms with E-state index in [0.29, 0.717) is 6.04 Å². The van der Waals surface area contributed by atoms with Crippen LogP contribution >= 0.6 is 11.8 Å². The molecule has 27 heavy (non-hydrogen) atoms. The molecule has 1 N–H and O–H groups in total. The first-order valence-corrected chi connectivity index (χ1v) is 11.0. The summed E-state index contributed by atoms with van der Waals surface area (Å²) in [6.07, 6.45) is 8.49. The number of aliphatic hydroxyl groups is 1. The van der Waals surface area contributed by atoms with Gasteiger partial charge in [-0.1, -0.05) is 18.2 Å². The van der Waals surface area contributed by atoms with Crippen molar-refractivity contribution in [1.82, 2.24) is 14.9 Å². The zero-order chi connectivity index (χ0) is 19.5. The van der Waals surface area contributed by atoms with Crippen LogP contribution in [-0.2, 0) is 9.31 Å². The van der Waals surface area contributed by atoms with Gasteiger partial charge in [-0.2, -0.15) is 0 Å². The maximum Gasteiger partial charge on any atom is 0.498 e. The van der Waals surface area contributed by atoms with Gasteiger partial charge in [-0.3, -0.25) is 4.90 Å². The quantitative estimate of drug-likeness (QED) is 0.432. The van der Waals surface area contributed by atoms with Gasteiger partial charge in [-0.25, -0.2) is 9.97 Å². The van der Waals surface area contributed by atoms with Crippen molar-refractivity contribution in [2.24, 2.45) is 0 Å². The van der Waals surface area contributed by atoms with Crippen LogP contribution < -0.4 is 5.46 Å². The van der Waals surface area contributed by atoms with Crippen LogP contribution in [0.25, 0.3) is 0 Å². The molecule has 0 aliphatic carbocycles. The molecule has 3 heterocycles. The number of hydrogen-bond acceptors (Lipinski definition) is 7. The molecular weight excluding hydrogens is 361 g/mol. The van der Waals surface area contributed by atoms with Crippen molar-refractivity contribution in [3.8, 4) is 0 Å². The standard InChI is InChI=1S/C19H32BN3O3S/c1-18(2)19(3,4)26-20(25-18)15-13-21-17(22-14-15)27-12-8-16-7-5-6-9-23(16)10-11-24/h13-14,16,24H,5-12H2,1-4H3/t16-/m0/s1. The van der Waals surface area contributed by atoms with Crippen LogP contribution in [-0.4, -0.2) is 69.8 Å². The second-order valence-electron chi connectivity index (χ2n) is 8.43. The molecule has 2 aliphatic rings. The molecule has 3 rings (SSSR count). The van der Waals surface area contributed by atoms with Gasteiger partial charge < -0.3 is 14.4 Å². The summed E-state index contributed by atoms with van der Waals surface area (Å²) in [6, 6.07) is 0.572. The number of thioether (sulfide) groups is 1. The maximum atomic E-state index is 9.23. The van der Waals surface area contributed by atoms with E-state index in [4.69, 9.17) is 9.31 Å². The van der Waals surface area contributed by atoms with E-state index >= 15 is 0 Å². The van der Waals surface area contributed by atoms with Gasteiger partial charge in [0.15, 0.2) is 5.16 Å². The zero-order valence-electron chi connectivity index (χ0n) is 17.0. The topological polar surface area (TPSA) is 67.7 Å². The predicted molar refractivity (Wildman–Crippen MR) is 109 cm³/mol. The number of aliphatic hydroxyl groups excluding tert-OH is 1. The number of β-amino-alcohol motifs (C(OH)–C–C–N with tert-alkyl or cyclic N) is 1. The van der Waals surface area contributed by atoms with Crippen molar-refractivity contribution >= 4 is 24.3 Å². The predicted octanol–water partition coefficient (Wildman–Crippen LogP) is 2.10. The third kappa shape index (κ3) is 5.04. The summed E-state index contributed by atoms with van der Waals surface area (Å²) in [6.45, 7) is 10.3. The fraction of sp³-hybridized carbons (Fsp3) is 0.789. The molecule has 1 aromatic heterocycles. The van der Waals surface area contributed by atoms with Crippen molar-refractivity contribution < 1.29 is 14.4 Å². The highest BCUT2D eigenvalue weighted by molar-refractivity contribution is 7.99. The molecule has 2 aliphatic heterocycles. The minimum absolute atomic E-state index is 0.243. The van der Waals surface area contributed by atoms with E-state index in [9.17, 15) is 5.11 Å². The summed E-state index contributed by atoms with van der Waals surface area (Å²) in [4.78, 5) is 11.4. The SMILES string of the molecule is CC1(C)OB(c2cnc(SCC[C@@H]3CCCCN3CCO)nc2)OC1(C)C. The molecule has 0 saturated carbocycles. The summed E-state index contributed by atoms with van der Waals surface area (Å²) in [5, 5.41) is 10.0. The van der Waals surface area contributed by atoms with Gasteiger partial charge in [0.1, 0.15) is 0 Å². The van der Waals surface area contributed by atoms with Gasteiger partial charge in [0.05, 0.1) is 17.8 Å². The lowest BCUT2D eigenvalue weighted by atomic mass is 9.81. The summed E-state index contributed by atoms with van der Waals surface area (Å²) < 4.78 is 12.1. The van der Waals surface area contributed by atoms with Gasteiger partial charge in [0.2, 0.25) is 0 Å². The lowest BCUT2D eigenvalue weighted by molar-refractivity contribution is 0.00578. The Morgan fingerprint density at radius 2 is 1.85 bits per heavy atom. The summed E-state index contributed by atoms with van der Waals surface area (Å²) in [5.41, 5.74) is 0.149. The lowest BCUT2D eigenvalue weighted by Gasteiger charge is -2.35. The van der Waals surface area contributed by atoms with Gasteiger partial charge in [-0.15, -0.1) is 0 Å². The summed E-state index contributed by atoms with van der Waals surface area (Å²) >= 11 is 1.69. The van der Waals surface area contributed by atoms with E-state index in [1.165, 1.54) is 19.3 Å². The fourth-order valence-corrected chi connectivity index (χ4v) is 4.42. The Bertz CT molecular complexity index is 597. The first-order chi connectivity index (χ1) is 12.8. The third-order valence-electron chi connectivity index (χ3n) is 5.99. The van der Waals surface area contributed by atoms with E-state index in [1.807, 2.05) is 40.1 Å². The van der Waals surface area contributed by atoms with Gasteiger partial charge in [0, 0.05) is 36.2 Å². The van der Waals surface area contributed by atoms with Crippen LogP contribution in [0.15, 0.2) is 17.6 Å². The van der Waals surface area contributed by atoms with Crippen molar-refractivity contribution in [3.05, 3.63) is 12.4 Å². The molecule has 0 bridgehead atoms. The van der Waals surface area contributed by atoms with Crippen LogP contribution in [0, 0.1) is 0 Å². The Labute approximate surface area is 167 Å². The van der Waals surface area contributed by atoms with E-state index in [1.54, 1.807) is 11.8 Å². The van der Waals surface area contributed by atoms with Crippen LogP contribution in [0.2, 0.25) is 0 Å². The zero-order valence-corrected chi connectivity index (χ0v) is 17.8. The normalized spacial score (nSPS) is 25.1. The Morgan fingerprint density at radius 3 is 2.48 bits per heavy atom. The molecule has 0 unspecified atom stereocenters. The average Bonchev–Trinajstić information content (AvgIpc) is 2.85. The number of likely N-dealkylation sites (tertiary alicyclic amines) is 1. The summed E-state index contributed by atoms with van der Waals surface area (Å²) in [5.74, 6) is 0.989. The van der Waals surface area contributed by atoms with Crippen LogP contribution in [0.1, 0.15) is 53.4 Å². The van der Waals surface area contributed by atoms with Crippen molar-refractivity contribution in [3.63, 3.8) is 0 Å². The Morgan fingerprint density at radius 1 is 1.19 bits per heavy atom. The molecule has 6 nitrogen and oxygen atoms in total. The molecular formula is C19H32BN3O3S. The number of nitrogens with zero attached hydrogens (tertiary/aromatic N) is 3. The third-order valence-corrected chi connectivity index (χ3v) is 6.90. The molecule has 1 atom stereocenters. The van der Waals surface area contributed by atoms with Crippen molar-refractivity contribution in [1.29, 1.82) is 0 Å². The Kier molecular flexibility index (Phi) is 6.85. The fourth-order valence-electron chi connectivity index (χ4n) is 3.60. The Hall–Kier alpha value is -0.665. The number of hydrogen-bond donors (Lipinski definition) is 1. The molecule has 0 spiro atoms. The molecule has 0 amide bonds. The maximum absolute atomic E-state index is 9.23. The van der Waals surface area contributed by atoms with Gasteiger partial charge in [0.25, 0.3) is 0 Å². The average molecular weight is 393 g/mol. The minimum atomic E-state index is -0.414. The molecule has 0 aromatic carbocycles. The second kappa shape index (κ2) is 8.78. The van der Waals surface area contributed by atoms with Gasteiger partial charge in [-0.05, 0) is 53.5 Å². The van der Waals surface area contributed by atoms with Crippen LogP contribution in [0.5, 0.6) is 0 Å². The molecule has 2 fully saturated rings. The number of piperidine rings is 1. The van der Waals surface area contributed by atoms with Gasteiger partial charge >= 0.3 is 7.12 Å². The first-order valence-electron chi connectivity index (χ1n) is 9.98. The van der Waals surface area contributed by atoms with E-state index in [0.717, 1.165) is 35.9 Å². The summed E-state index contributed by atoms with van der Waals surface area (Å²) in [7, 11) is -0.414. The van der Waals surface area contributed by atoms with E-state index < -0.39 is 7.12 Å². The molecule has 0 radical (unpaired) electrons. The van der Waals surface area contributed by atoms with E-state index in [2.05, 4.69) is 14.9 Å². The Balaban J connectivity index is 1.50. The van der Waals surface area contributed by atoms with E-state index in [-0.39, 0.29) is 17.8 Å². The monoisotopic (exact) mass is 393 g/mol. The molecule has 150 valence electrons. The number of aromatic nitrogens is 2. The second-order valence-corrected chi connectivity index (χ2v) is 9.50. The molecule has 2 saturated heterocycles.